The Labute approximate surface area is 300 Å². The van der Waals surface area contributed by atoms with Crippen molar-refractivity contribution < 1.29 is 31.8 Å². The minimum atomic E-state index is -0.753. The first-order chi connectivity index (χ1) is 31.7. The van der Waals surface area contributed by atoms with Gasteiger partial charge in [-0.15, -0.1) is 0 Å². The van der Waals surface area contributed by atoms with Crippen LogP contribution in [0.15, 0.2) is 174 Å². The summed E-state index contributed by atoms with van der Waals surface area (Å²) in [4.78, 5) is 0. The van der Waals surface area contributed by atoms with Crippen LogP contribution in [0.4, 0.5) is 0 Å². The van der Waals surface area contributed by atoms with Crippen molar-refractivity contribution >= 4 is 65.0 Å². The highest BCUT2D eigenvalue weighted by atomic mass is 16.3. The third kappa shape index (κ3) is 4.03. The minimum absolute atomic E-state index is 0.126. The molecule has 0 aliphatic heterocycles. The van der Waals surface area contributed by atoms with Crippen LogP contribution < -0.4 is 0 Å². The molecule has 0 saturated carbocycles. The quantitative estimate of drug-likeness (QED) is 0.180. The van der Waals surface area contributed by atoms with Gasteiger partial charge in [0.15, 0.2) is 0 Å². The second-order valence-electron chi connectivity index (χ2n) is 10.9. The van der Waals surface area contributed by atoms with Gasteiger partial charge < -0.3 is 4.42 Å². The molecule has 0 aliphatic carbocycles. The topological polar surface area (TPSA) is 13.1 Å². The molecule has 1 aromatic heterocycles. The van der Waals surface area contributed by atoms with E-state index in [1.54, 1.807) is 48.5 Å². The van der Waals surface area contributed by atoms with E-state index in [9.17, 15) is 8.22 Å². The third-order valence-electron chi connectivity index (χ3n) is 8.25. The van der Waals surface area contributed by atoms with Crippen molar-refractivity contribution in [2.45, 2.75) is 0 Å². The molecule has 0 unspecified atom stereocenters. The number of fused-ring (bicyclic) bond motifs is 7. The molecule has 1 heterocycles. The molecular weight excluding hydrogens is 569 g/mol. The summed E-state index contributed by atoms with van der Waals surface area (Å²) in [6.07, 6.45) is 0. The zero-order valence-electron chi connectivity index (χ0n) is 44.0. The summed E-state index contributed by atoms with van der Waals surface area (Å²) in [6.45, 7) is 0. The van der Waals surface area contributed by atoms with Crippen LogP contribution in [-0.4, -0.2) is 0 Å². The summed E-state index contributed by atoms with van der Waals surface area (Å²) < 4.78 is 184. The van der Waals surface area contributed by atoms with E-state index in [1.807, 2.05) is 0 Å². The summed E-state index contributed by atoms with van der Waals surface area (Å²) >= 11 is 0. The number of furan rings is 1. The molecule has 0 saturated heterocycles. The molecular formula is C46H28O. The average Bonchev–Trinajstić information content (AvgIpc) is 3.73. The minimum Gasteiger partial charge on any atom is -0.456 e. The normalized spacial score (nSPS) is 17.8. The molecule has 0 radical (unpaired) electrons. The first-order valence-corrected chi connectivity index (χ1v) is 14.6. The second kappa shape index (κ2) is 10.2. The Balaban J connectivity index is 1.36. The largest absolute Gasteiger partial charge is 0.456 e. The van der Waals surface area contributed by atoms with Gasteiger partial charge in [-0.05, 0) is 107 Å². The Bertz CT molecular complexity index is 3920. The molecule has 0 amide bonds. The van der Waals surface area contributed by atoms with Crippen LogP contribution in [0.3, 0.4) is 0 Å². The van der Waals surface area contributed by atoms with Crippen LogP contribution in [0.25, 0.3) is 98.4 Å². The van der Waals surface area contributed by atoms with Crippen molar-refractivity contribution in [3.63, 3.8) is 0 Å². The molecule has 1 nitrogen and oxygen atoms in total. The zero-order chi connectivity index (χ0) is 48.3. The standard InChI is InChI=1S/C46H28O/c1-2-13-31-28-44-42(26-30(31)12-1)41-27-34(23-24-43(41)47-44)46-39-20-7-5-18-37(39)45(38-19-6-8-21-40(38)46)33-16-9-15-32(25-33)36-22-10-14-29-11-3-4-17-35(29)36/h1-28H/i1D,2D,3D,4D,9D,10D,11D,12D,13D,14D,15D,16D,17D,22D,23D,24D,25D,26D,27D,28D. The van der Waals surface area contributed by atoms with Gasteiger partial charge in [-0.1, -0.05) is 139 Å². The molecule has 10 aromatic rings. The van der Waals surface area contributed by atoms with Crippen molar-refractivity contribution in [1.82, 2.24) is 0 Å². The van der Waals surface area contributed by atoms with E-state index < -0.39 is 143 Å². The van der Waals surface area contributed by atoms with Gasteiger partial charge in [0, 0.05) is 10.8 Å². The van der Waals surface area contributed by atoms with Crippen LogP contribution in [0.1, 0.15) is 27.4 Å². The summed E-state index contributed by atoms with van der Waals surface area (Å²) in [7, 11) is 0. The molecule has 10 rings (SSSR count). The van der Waals surface area contributed by atoms with E-state index in [1.165, 1.54) is 0 Å². The van der Waals surface area contributed by atoms with Gasteiger partial charge in [0.1, 0.15) is 11.2 Å². The lowest BCUT2D eigenvalue weighted by Gasteiger charge is -2.18. The van der Waals surface area contributed by atoms with Crippen molar-refractivity contribution in [2.24, 2.45) is 0 Å². The predicted molar refractivity (Wildman–Crippen MR) is 200 cm³/mol. The van der Waals surface area contributed by atoms with E-state index in [-0.39, 0.29) is 55.0 Å². The summed E-state index contributed by atoms with van der Waals surface area (Å²) in [5.41, 5.74) is -1.58. The fourth-order valence-corrected chi connectivity index (χ4v) is 6.25. The lowest BCUT2D eigenvalue weighted by atomic mass is 9.85. The summed E-state index contributed by atoms with van der Waals surface area (Å²) in [5.74, 6) is 0. The van der Waals surface area contributed by atoms with Crippen LogP contribution in [0, 0.1) is 0 Å². The molecule has 47 heavy (non-hydrogen) atoms. The molecule has 0 aliphatic rings. The molecule has 1 heteroatoms. The summed E-state index contributed by atoms with van der Waals surface area (Å²) in [6, 6.07) is 0.667. The predicted octanol–water partition coefficient (Wildman–Crippen LogP) is 13.2. The molecule has 0 fully saturated rings. The molecule has 9 aromatic carbocycles. The van der Waals surface area contributed by atoms with Gasteiger partial charge in [0.2, 0.25) is 0 Å². The van der Waals surface area contributed by atoms with Gasteiger partial charge >= 0.3 is 0 Å². The monoisotopic (exact) mass is 616 g/mol. The Morgan fingerprint density at radius 2 is 0.915 bits per heavy atom. The van der Waals surface area contributed by atoms with Crippen molar-refractivity contribution in [1.29, 1.82) is 0 Å². The van der Waals surface area contributed by atoms with Crippen LogP contribution >= 0.6 is 0 Å². The van der Waals surface area contributed by atoms with Gasteiger partial charge in [-0.25, -0.2) is 0 Å². The number of hydrogen-bond donors (Lipinski definition) is 0. The molecule has 218 valence electrons. The first-order valence-electron chi connectivity index (χ1n) is 24.6. The molecule has 0 atom stereocenters. The van der Waals surface area contributed by atoms with E-state index in [0.29, 0.717) is 21.5 Å². The molecule has 0 N–H and O–H groups in total. The second-order valence-corrected chi connectivity index (χ2v) is 10.9. The number of rotatable bonds is 3. The Morgan fingerprint density at radius 1 is 0.362 bits per heavy atom. The molecule has 0 bridgehead atoms. The zero-order valence-corrected chi connectivity index (χ0v) is 24.0. The fourth-order valence-electron chi connectivity index (χ4n) is 6.25. The maximum atomic E-state index is 9.80. The van der Waals surface area contributed by atoms with Crippen molar-refractivity contribution in [3.05, 3.63) is 169 Å². The number of benzene rings is 9. The van der Waals surface area contributed by atoms with E-state index in [0.717, 1.165) is 0 Å². The smallest absolute Gasteiger partial charge is 0.136 e. The van der Waals surface area contributed by atoms with Crippen LogP contribution in [-0.2, 0) is 0 Å². The van der Waals surface area contributed by atoms with Crippen LogP contribution in [0.2, 0.25) is 0 Å². The van der Waals surface area contributed by atoms with Gasteiger partial charge in [0.05, 0.1) is 27.4 Å². The van der Waals surface area contributed by atoms with Crippen molar-refractivity contribution in [3.8, 4) is 33.4 Å². The van der Waals surface area contributed by atoms with E-state index in [4.69, 9.17) is 23.6 Å². The van der Waals surface area contributed by atoms with Crippen LogP contribution in [0.5, 0.6) is 0 Å². The van der Waals surface area contributed by atoms with Gasteiger partial charge in [0.25, 0.3) is 0 Å². The van der Waals surface area contributed by atoms with Gasteiger partial charge in [-0.2, -0.15) is 0 Å². The van der Waals surface area contributed by atoms with Gasteiger partial charge in [-0.3, -0.25) is 0 Å². The highest BCUT2D eigenvalue weighted by Crippen LogP contribution is 2.45. The maximum absolute atomic E-state index is 9.80. The first kappa shape index (κ1) is 13.3. The Hall–Kier alpha value is -6.18. The van der Waals surface area contributed by atoms with E-state index in [2.05, 4.69) is 0 Å². The summed E-state index contributed by atoms with van der Waals surface area (Å²) in [5, 5.41) is -0.537. The third-order valence-corrected chi connectivity index (χ3v) is 8.25. The Morgan fingerprint density at radius 3 is 1.64 bits per heavy atom. The Kier molecular flexibility index (Phi) is 2.87. The van der Waals surface area contributed by atoms with Crippen molar-refractivity contribution in [2.75, 3.05) is 0 Å². The highest BCUT2D eigenvalue weighted by Gasteiger charge is 2.18. The number of hydrogen-bond acceptors (Lipinski definition) is 1. The average molecular weight is 617 g/mol. The van der Waals surface area contributed by atoms with E-state index >= 15 is 0 Å². The lowest BCUT2D eigenvalue weighted by molar-refractivity contribution is 0.669. The highest BCUT2D eigenvalue weighted by molar-refractivity contribution is 6.22. The SMILES string of the molecule is [2H]c1c([2H])c(-c2c3ccccc3c(-c3c([2H])c([2H])c4oc5c([2H])c6c([2H])c([2H])c([2H])c([2H])c6c([2H])c5c4c3[2H])c3ccccc23)c([2H])c(-c2c([2H])c([2H])c([2H])c3c([2H])c([2H])c([2H])c([2H])c23)c1[2H]. The fraction of sp³-hybridized carbons (Fsp3) is 0. The lowest BCUT2D eigenvalue weighted by Crippen LogP contribution is -1.91. The molecule has 0 spiro atoms. The maximum Gasteiger partial charge on any atom is 0.136 e.